The van der Waals surface area contributed by atoms with Gasteiger partial charge in [-0.3, -0.25) is 4.79 Å². The first-order valence-electron chi connectivity index (χ1n) is 10.6. The molecule has 1 heterocycles. The van der Waals surface area contributed by atoms with Crippen molar-refractivity contribution in [3.05, 3.63) is 93.9 Å². The van der Waals surface area contributed by atoms with E-state index in [1.165, 1.54) is 11.1 Å². The number of carbonyl (C=O) groups excluding carboxylic acids is 1. The van der Waals surface area contributed by atoms with Crippen LogP contribution in [0.3, 0.4) is 0 Å². The Bertz CT molecular complexity index is 1030. The van der Waals surface area contributed by atoms with Crippen molar-refractivity contribution in [1.82, 2.24) is 0 Å². The number of carbonyl (C=O) groups is 1. The molecule has 3 nitrogen and oxygen atoms in total. The first-order chi connectivity index (χ1) is 14.8. The monoisotopic (exact) mass is 436 g/mol. The molecule has 1 aromatic heterocycles. The SMILES string of the molecule is CC(=Cc1cc(OC(=O)C(c2ccc(Cl)cc2)C(C)C)c(C)o1)CCc1ccccc1. The van der Waals surface area contributed by atoms with Gasteiger partial charge in [0.15, 0.2) is 5.75 Å². The minimum atomic E-state index is -0.377. The minimum absolute atomic E-state index is 0.0838. The maximum absolute atomic E-state index is 13.0. The van der Waals surface area contributed by atoms with Crippen LogP contribution in [-0.2, 0) is 11.2 Å². The number of allylic oxidation sites excluding steroid dienone is 1. The van der Waals surface area contributed by atoms with E-state index >= 15 is 0 Å². The van der Waals surface area contributed by atoms with Gasteiger partial charge in [0.2, 0.25) is 0 Å². The summed E-state index contributed by atoms with van der Waals surface area (Å²) in [4.78, 5) is 13.0. The van der Waals surface area contributed by atoms with Crippen LogP contribution in [0.2, 0.25) is 5.02 Å². The fourth-order valence-corrected chi connectivity index (χ4v) is 3.72. The van der Waals surface area contributed by atoms with Gasteiger partial charge in [0.05, 0.1) is 5.92 Å². The van der Waals surface area contributed by atoms with Crippen molar-refractivity contribution in [2.45, 2.75) is 46.5 Å². The van der Waals surface area contributed by atoms with Crippen LogP contribution in [0.5, 0.6) is 5.75 Å². The van der Waals surface area contributed by atoms with E-state index in [-0.39, 0.29) is 17.8 Å². The van der Waals surface area contributed by atoms with Crippen LogP contribution in [-0.4, -0.2) is 5.97 Å². The van der Waals surface area contributed by atoms with Crippen LogP contribution < -0.4 is 4.74 Å². The molecule has 0 spiro atoms. The summed E-state index contributed by atoms with van der Waals surface area (Å²) in [5.74, 6) is 1.16. The molecule has 0 N–H and O–H groups in total. The summed E-state index contributed by atoms with van der Waals surface area (Å²) in [5, 5.41) is 0.643. The molecule has 3 aromatic rings. The van der Waals surface area contributed by atoms with E-state index in [4.69, 9.17) is 20.8 Å². The average Bonchev–Trinajstić information content (AvgIpc) is 3.07. The Hall–Kier alpha value is -2.78. The molecular weight excluding hydrogens is 408 g/mol. The zero-order valence-electron chi connectivity index (χ0n) is 18.5. The largest absolute Gasteiger partial charge is 0.458 e. The summed E-state index contributed by atoms with van der Waals surface area (Å²) in [6.45, 7) is 7.91. The van der Waals surface area contributed by atoms with E-state index in [0.717, 1.165) is 18.4 Å². The number of benzene rings is 2. The predicted octanol–water partition coefficient (Wildman–Crippen LogP) is 7.62. The predicted molar refractivity (Wildman–Crippen MR) is 127 cm³/mol. The van der Waals surface area contributed by atoms with Crippen molar-refractivity contribution in [1.29, 1.82) is 0 Å². The summed E-state index contributed by atoms with van der Waals surface area (Å²) in [6.07, 6.45) is 3.92. The fraction of sp³-hybridized carbons (Fsp3) is 0.296. The Balaban J connectivity index is 1.69. The first-order valence-corrected chi connectivity index (χ1v) is 11.0. The van der Waals surface area contributed by atoms with E-state index in [0.29, 0.717) is 22.3 Å². The number of rotatable bonds is 8. The molecule has 0 aliphatic heterocycles. The highest BCUT2D eigenvalue weighted by Crippen LogP contribution is 2.31. The third kappa shape index (κ3) is 6.35. The van der Waals surface area contributed by atoms with Crippen molar-refractivity contribution >= 4 is 23.6 Å². The number of halogens is 1. The van der Waals surface area contributed by atoms with Crippen LogP contribution in [0.1, 0.15) is 55.8 Å². The van der Waals surface area contributed by atoms with Gasteiger partial charge in [0, 0.05) is 11.1 Å². The van der Waals surface area contributed by atoms with E-state index in [1.54, 1.807) is 18.2 Å². The second-order valence-corrected chi connectivity index (χ2v) is 8.68. The fourth-order valence-electron chi connectivity index (χ4n) is 3.60. The van der Waals surface area contributed by atoms with E-state index in [1.807, 2.05) is 45.0 Å². The number of aryl methyl sites for hydroxylation is 2. The van der Waals surface area contributed by atoms with E-state index in [9.17, 15) is 4.79 Å². The zero-order valence-corrected chi connectivity index (χ0v) is 19.3. The van der Waals surface area contributed by atoms with Gasteiger partial charge in [-0.05, 0) is 61.9 Å². The number of hydrogen-bond donors (Lipinski definition) is 0. The Morgan fingerprint density at radius 3 is 2.42 bits per heavy atom. The zero-order chi connectivity index (χ0) is 22.4. The number of ether oxygens (including phenoxy) is 1. The maximum atomic E-state index is 13.0. The minimum Gasteiger partial charge on any atom is -0.458 e. The van der Waals surface area contributed by atoms with Crippen molar-refractivity contribution in [2.24, 2.45) is 5.92 Å². The van der Waals surface area contributed by atoms with Crippen LogP contribution in [0, 0.1) is 12.8 Å². The van der Waals surface area contributed by atoms with Crippen LogP contribution >= 0.6 is 11.6 Å². The molecule has 1 atom stereocenters. The molecule has 0 saturated heterocycles. The van der Waals surface area contributed by atoms with E-state index in [2.05, 4.69) is 31.2 Å². The molecule has 1 unspecified atom stereocenters. The number of esters is 1. The van der Waals surface area contributed by atoms with Gasteiger partial charge in [0.1, 0.15) is 11.5 Å². The Labute approximate surface area is 189 Å². The molecule has 3 rings (SSSR count). The normalized spacial score (nSPS) is 12.8. The summed E-state index contributed by atoms with van der Waals surface area (Å²) in [7, 11) is 0. The van der Waals surface area contributed by atoms with Gasteiger partial charge in [-0.2, -0.15) is 0 Å². The Kier molecular flexibility index (Phi) is 7.75. The van der Waals surface area contributed by atoms with Gasteiger partial charge in [-0.15, -0.1) is 0 Å². The number of furan rings is 1. The molecule has 162 valence electrons. The molecule has 0 bridgehead atoms. The molecule has 31 heavy (non-hydrogen) atoms. The summed E-state index contributed by atoms with van der Waals surface area (Å²) in [5.41, 5.74) is 3.40. The van der Waals surface area contributed by atoms with Crippen LogP contribution in [0.4, 0.5) is 0 Å². The van der Waals surface area contributed by atoms with Crippen molar-refractivity contribution in [2.75, 3.05) is 0 Å². The summed E-state index contributed by atoms with van der Waals surface area (Å²) >= 11 is 5.99. The standard InChI is InChI=1S/C27H29ClO3/c1-18(2)26(22-12-14-23(28)15-13-22)27(29)31-25-17-24(30-20(25)4)16-19(3)10-11-21-8-6-5-7-9-21/h5-9,12-18,26H,10-11H2,1-4H3. The molecule has 2 aromatic carbocycles. The highest BCUT2D eigenvalue weighted by molar-refractivity contribution is 6.30. The summed E-state index contributed by atoms with van der Waals surface area (Å²) in [6, 6.07) is 19.5. The third-order valence-electron chi connectivity index (χ3n) is 5.29. The van der Waals surface area contributed by atoms with Gasteiger partial charge < -0.3 is 9.15 Å². The highest BCUT2D eigenvalue weighted by atomic mass is 35.5. The summed E-state index contributed by atoms with van der Waals surface area (Å²) < 4.78 is 11.6. The molecular formula is C27H29ClO3. The second kappa shape index (κ2) is 10.5. The highest BCUT2D eigenvalue weighted by Gasteiger charge is 2.27. The van der Waals surface area contributed by atoms with Crippen molar-refractivity contribution in [3.63, 3.8) is 0 Å². The van der Waals surface area contributed by atoms with Crippen LogP contribution in [0.15, 0.2) is 70.7 Å². The maximum Gasteiger partial charge on any atom is 0.319 e. The lowest BCUT2D eigenvalue weighted by atomic mass is 9.88. The van der Waals surface area contributed by atoms with Gasteiger partial charge in [-0.1, -0.05) is 73.5 Å². The molecule has 0 aliphatic rings. The Morgan fingerprint density at radius 2 is 1.77 bits per heavy atom. The quantitative estimate of drug-likeness (QED) is 0.341. The lowest BCUT2D eigenvalue weighted by molar-refractivity contribution is -0.137. The molecule has 0 fully saturated rings. The molecule has 0 saturated carbocycles. The van der Waals surface area contributed by atoms with Crippen LogP contribution in [0.25, 0.3) is 6.08 Å². The van der Waals surface area contributed by atoms with Crippen molar-refractivity contribution in [3.8, 4) is 5.75 Å². The molecule has 0 amide bonds. The average molecular weight is 437 g/mol. The van der Waals surface area contributed by atoms with Gasteiger partial charge in [0.25, 0.3) is 0 Å². The van der Waals surface area contributed by atoms with E-state index < -0.39 is 0 Å². The number of hydrogen-bond acceptors (Lipinski definition) is 3. The first kappa shape index (κ1) is 22.9. The molecule has 0 radical (unpaired) electrons. The topological polar surface area (TPSA) is 39.4 Å². The second-order valence-electron chi connectivity index (χ2n) is 8.24. The lowest BCUT2D eigenvalue weighted by Crippen LogP contribution is -2.23. The molecule has 4 heteroatoms. The van der Waals surface area contributed by atoms with Gasteiger partial charge >= 0.3 is 5.97 Å². The molecule has 0 aliphatic carbocycles. The third-order valence-corrected chi connectivity index (χ3v) is 5.54. The smallest absolute Gasteiger partial charge is 0.319 e. The lowest BCUT2D eigenvalue weighted by Gasteiger charge is -2.19. The van der Waals surface area contributed by atoms with Crippen molar-refractivity contribution < 1.29 is 13.9 Å². The van der Waals surface area contributed by atoms with Gasteiger partial charge in [-0.25, -0.2) is 0 Å². The Morgan fingerprint density at radius 1 is 1.10 bits per heavy atom.